The summed E-state index contributed by atoms with van der Waals surface area (Å²) in [7, 11) is 0. The van der Waals surface area contributed by atoms with Gasteiger partial charge in [0.1, 0.15) is 11.1 Å². The van der Waals surface area contributed by atoms with Crippen LogP contribution in [-0.2, 0) is 23.1 Å². The molecule has 7 aliphatic rings. The number of fused-ring (bicyclic) bond motifs is 3. The smallest absolute Gasteiger partial charge is 0.229 e. The third-order valence-corrected chi connectivity index (χ3v) is 11.1. The van der Waals surface area contributed by atoms with Gasteiger partial charge in [-0.15, -0.1) is 11.3 Å². The number of carbonyl (C=O) groups is 1. The van der Waals surface area contributed by atoms with Crippen LogP contribution in [0, 0.1) is 11.3 Å². The lowest BCUT2D eigenvalue weighted by Crippen LogP contribution is -2.72. The molecule has 5 atom stereocenters. The molecule has 1 amide bonds. The molecule has 0 unspecified atom stereocenters. The molecule has 7 heteroatoms. The van der Waals surface area contributed by atoms with Gasteiger partial charge in [-0.2, -0.15) is 0 Å². The maximum atomic E-state index is 13.6. The summed E-state index contributed by atoms with van der Waals surface area (Å²) >= 11 is 1.56. The standard InChI is InChI=1S/C27H31N3O3S/c31-19-4-3-17-13-20-26-6-5-18(30(11-7-26)22(32)14-21-28-9-12-34-21)25-27(26,23(17)24(19)33-25)8-10-29(20)15-16-1-2-16/h3-4,9,12,16,18,20,25,31H,1-2,5-8,10-11,13-15H2/t18-,20-,25+,26-,27+/m1/s1. The van der Waals surface area contributed by atoms with Gasteiger partial charge in [-0.3, -0.25) is 9.69 Å². The van der Waals surface area contributed by atoms with Crippen LogP contribution >= 0.6 is 11.3 Å². The van der Waals surface area contributed by atoms with Gasteiger partial charge in [0.25, 0.3) is 0 Å². The molecule has 34 heavy (non-hydrogen) atoms. The minimum absolute atomic E-state index is 0.0584. The Hall–Kier alpha value is -2.12. The van der Waals surface area contributed by atoms with Gasteiger partial charge in [-0.1, -0.05) is 6.07 Å². The number of thiazole rings is 1. The summed E-state index contributed by atoms with van der Waals surface area (Å²) < 4.78 is 6.79. The monoisotopic (exact) mass is 477 g/mol. The first-order valence-electron chi connectivity index (χ1n) is 13.0. The van der Waals surface area contributed by atoms with E-state index in [1.165, 1.54) is 30.5 Å². The number of hydrogen-bond acceptors (Lipinski definition) is 6. The molecule has 3 saturated heterocycles. The van der Waals surface area contributed by atoms with Crippen LogP contribution < -0.4 is 4.74 Å². The highest BCUT2D eigenvalue weighted by Gasteiger charge is 2.74. The van der Waals surface area contributed by atoms with E-state index < -0.39 is 0 Å². The lowest BCUT2D eigenvalue weighted by atomic mass is 9.42. The fourth-order valence-electron chi connectivity index (χ4n) is 8.87. The van der Waals surface area contributed by atoms with E-state index in [4.69, 9.17) is 4.74 Å². The summed E-state index contributed by atoms with van der Waals surface area (Å²) in [5.41, 5.74) is 2.71. The van der Waals surface area contributed by atoms with E-state index >= 15 is 0 Å². The summed E-state index contributed by atoms with van der Waals surface area (Å²) in [6.45, 7) is 3.15. The molecule has 1 N–H and O–H groups in total. The fraction of sp³-hybridized carbons (Fsp3) is 0.630. The van der Waals surface area contributed by atoms with Crippen molar-refractivity contribution in [1.29, 1.82) is 0 Å². The van der Waals surface area contributed by atoms with Crippen LogP contribution in [0.2, 0.25) is 0 Å². The number of phenolic OH excluding ortho intramolecular Hbond substituents is 1. The van der Waals surface area contributed by atoms with Crippen LogP contribution in [0.4, 0.5) is 0 Å². The number of piperidine rings is 1. The Bertz CT molecular complexity index is 1180. The lowest BCUT2D eigenvalue weighted by molar-refractivity contribution is -0.143. The Morgan fingerprint density at radius 2 is 2.12 bits per heavy atom. The highest BCUT2D eigenvalue weighted by Crippen LogP contribution is 2.71. The first-order chi connectivity index (χ1) is 16.6. The molecule has 6 nitrogen and oxygen atoms in total. The van der Waals surface area contributed by atoms with Crippen molar-refractivity contribution >= 4 is 17.2 Å². The number of rotatable bonds is 4. The van der Waals surface area contributed by atoms with Crippen molar-refractivity contribution in [2.75, 3.05) is 19.6 Å². The van der Waals surface area contributed by atoms with Gasteiger partial charge in [0.15, 0.2) is 11.5 Å². The van der Waals surface area contributed by atoms with Crippen LogP contribution in [0.25, 0.3) is 0 Å². The molecule has 5 heterocycles. The maximum absolute atomic E-state index is 13.6. The number of likely N-dealkylation sites (tertiary alicyclic amines) is 1. The third-order valence-electron chi connectivity index (χ3n) is 10.3. The quantitative estimate of drug-likeness (QED) is 0.730. The Labute approximate surface area is 203 Å². The van der Waals surface area contributed by atoms with Gasteiger partial charge in [-0.05, 0) is 69.0 Å². The first kappa shape index (κ1) is 20.1. The zero-order chi connectivity index (χ0) is 22.7. The van der Waals surface area contributed by atoms with Crippen molar-refractivity contribution in [1.82, 2.24) is 14.8 Å². The molecule has 9 rings (SSSR count). The number of benzene rings is 1. The van der Waals surface area contributed by atoms with E-state index in [1.54, 1.807) is 17.5 Å². The molecule has 1 aromatic heterocycles. The van der Waals surface area contributed by atoms with Gasteiger partial charge >= 0.3 is 0 Å². The minimum Gasteiger partial charge on any atom is -0.504 e. The minimum atomic E-state index is -0.0848. The second-order valence-electron chi connectivity index (χ2n) is 11.6. The Kier molecular flexibility index (Phi) is 4.00. The number of amides is 1. The Morgan fingerprint density at radius 1 is 1.21 bits per heavy atom. The number of hydrogen-bond donors (Lipinski definition) is 1. The zero-order valence-corrected chi connectivity index (χ0v) is 20.2. The van der Waals surface area contributed by atoms with Crippen LogP contribution in [-0.4, -0.2) is 63.6 Å². The van der Waals surface area contributed by atoms with Crippen molar-refractivity contribution < 1.29 is 14.6 Å². The molecule has 2 aromatic rings. The SMILES string of the molecule is O=C(Cc1nccs1)N1CC[C@@]23CC[C@@H]1[C@@H]1Oc4c(O)ccc5c4[C@@]12CCN(CC1CC1)[C@@H]3C5. The molecule has 178 valence electrons. The molecule has 5 fully saturated rings. The predicted molar refractivity (Wildman–Crippen MR) is 128 cm³/mol. The van der Waals surface area contributed by atoms with Crippen molar-refractivity contribution in [3.8, 4) is 11.5 Å². The Balaban J connectivity index is 1.26. The van der Waals surface area contributed by atoms with E-state index in [0.717, 1.165) is 61.9 Å². The van der Waals surface area contributed by atoms with Gasteiger partial charge < -0.3 is 14.7 Å². The predicted octanol–water partition coefficient (Wildman–Crippen LogP) is 3.51. The largest absolute Gasteiger partial charge is 0.504 e. The average Bonchev–Trinajstić information content (AvgIpc) is 3.46. The Morgan fingerprint density at radius 3 is 2.94 bits per heavy atom. The van der Waals surface area contributed by atoms with Crippen molar-refractivity contribution in [2.24, 2.45) is 11.3 Å². The van der Waals surface area contributed by atoms with E-state index in [1.807, 2.05) is 11.4 Å². The highest BCUT2D eigenvalue weighted by molar-refractivity contribution is 7.09. The van der Waals surface area contributed by atoms with Crippen LogP contribution in [0.3, 0.4) is 0 Å². The number of aromatic nitrogens is 1. The van der Waals surface area contributed by atoms with Crippen molar-refractivity contribution in [3.05, 3.63) is 39.8 Å². The molecule has 0 radical (unpaired) electrons. The van der Waals surface area contributed by atoms with Gasteiger partial charge in [0.05, 0.1) is 12.5 Å². The highest BCUT2D eigenvalue weighted by atomic mass is 32.1. The van der Waals surface area contributed by atoms with Crippen molar-refractivity contribution in [2.45, 2.75) is 75.0 Å². The molecule has 2 saturated carbocycles. The molecular formula is C27H31N3O3S. The van der Waals surface area contributed by atoms with Crippen LogP contribution in [0.15, 0.2) is 23.7 Å². The summed E-state index contributed by atoms with van der Waals surface area (Å²) in [4.78, 5) is 23.0. The summed E-state index contributed by atoms with van der Waals surface area (Å²) in [6.07, 6.45) is 10.2. The van der Waals surface area contributed by atoms with Gasteiger partial charge in [0.2, 0.25) is 5.91 Å². The summed E-state index contributed by atoms with van der Waals surface area (Å²) in [5, 5.41) is 13.7. The van der Waals surface area contributed by atoms with E-state index in [-0.39, 0.29) is 34.6 Å². The molecule has 1 aromatic carbocycles. The molecule has 4 bridgehead atoms. The number of nitrogens with zero attached hydrogens (tertiary/aromatic N) is 3. The summed E-state index contributed by atoms with van der Waals surface area (Å²) in [6, 6.07) is 4.57. The molecule has 4 aliphatic heterocycles. The van der Waals surface area contributed by atoms with Crippen LogP contribution in [0.1, 0.15) is 54.7 Å². The van der Waals surface area contributed by atoms with Crippen LogP contribution in [0.5, 0.6) is 11.5 Å². The van der Waals surface area contributed by atoms with E-state index in [0.29, 0.717) is 12.5 Å². The summed E-state index contributed by atoms with van der Waals surface area (Å²) in [5.74, 6) is 2.05. The van der Waals surface area contributed by atoms with Crippen molar-refractivity contribution in [3.63, 3.8) is 0 Å². The third kappa shape index (κ3) is 2.40. The second kappa shape index (κ2) is 6.76. The fourth-order valence-corrected chi connectivity index (χ4v) is 9.48. The van der Waals surface area contributed by atoms with Gasteiger partial charge in [0, 0.05) is 47.1 Å². The molecular weight excluding hydrogens is 446 g/mol. The number of ether oxygens (including phenoxy) is 1. The zero-order valence-electron chi connectivity index (χ0n) is 19.4. The van der Waals surface area contributed by atoms with E-state index in [9.17, 15) is 9.90 Å². The lowest BCUT2D eigenvalue weighted by Gasteiger charge is -2.66. The normalized spacial score (nSPS) is 37.3. The second-order valence-corrected chi connectivity index (χ2v) is 12.5. The van der Waals surface area contributed by atoms with Gasteiger partial charge in [-0.25, -0.2) is 4.98 Å². The molecule has 3 aliphatic carbocycles. The van der Waals surface area contributed by atoms with E-state index in [2.05, 4.69) is 20.9 Å². The molecule has 2 spiro atoms. The maximum Gasteiger partial charge on any atom is 0.229 e. The number of carbonyl (C=O) groups excluding carboxylic acids is 1. The number of aromatic hydroxyl groups is 1. The average molecular weight is 478 g/mol. The number of phenols is 1. The first-order valence-corrected chi connectivity index (χ1v) is 13.9. The topological polar surface area (TPSA) is 65.9 Å².